The number of fused-ring (bicyclic) bond motifs is 1. The van der Waals surface area contributed by atoms with Crippen LogP contribution in [0.5, 0.6) is 11.5 Å². The molecule has 0 atom stereocenters. The van der Waals surface area contributed by atoms with E-state index in [2.05, 4.69) is 9.71 Å². The number of hydrogen-bond donors (Lipinski definition) is 1. The quantitative estimate of drug-likeness (QED) is 0.695. The van der Waals surface area contributed by atoms with Crippen molar-refractivity contribution < 1.29 is 17.9 Å². The van der Waals surface area contributed by atoms with Crippen LogP contribution in [0.25, 0.3) is 5.65 Å². The Labute approximate surface area is 146 Å². The van der Waals surface area contributed by atoms with E-state index < -0.39 is 10.0 Å². The van der Waals surface area contributed by atoms with Gasteiger partial charge in [0.25, 0.3) is 0 Å². The van der Waals surface area contributed by atoms with Gasteiger partial charge in [-0.1, -0.05) is 6.07 Å². The molecule has 3 aromatic rings. The van der Waals surface area contributed by atoms with Crippen molar-refractivity contribution >= 4 is 15.7 Å². The lowest BCUT2D eigenvalue weighted by Gasteiger charge is -2.10. The lowest BCUT2D eigenvalue weighted by atomic mass is 10.3. The average Bonchev–Trinajstić information content (AvgIpc) is 3.03. The third-order valence-corrected chi connectivity index (χ3v) is 5.21. The summed E-state index contributed by atoms with van der Waals surface area (Å²) in [5, 5.41) is 0. The highest BCUT2D eigenvalue weighted by Crippen LogP contribution is 2.29. The zero-order valence-electron chi connectivity index (χ0n) is 14.0. The van der Waals surface area contributed by atoms with Crippen molar-refractivity contribution in [2.75, 3.05) is 20.8 Å². The number of nitrogens with zero attached hydrogens (tertiary/aromatic N) is 2. The zero-order chi connectivity index (χ0) is 17.9. The van der Waals surface area contributed by atoms with E-state index in [0.29, 0.717) is 17.9 Å². The highest BCUT2D eigenvalue weighted by Gasteiger charge is 2.16. The van der Waals surface area contributed by atoms with E-state index in [1.807, 2.05) is 35.0 Å². The Morgan fingerprint density at radius 2 is 1.92 bits per heavy atom. The van der Waals surface area contributed by atoms with Gasteiger partial charge in [0.2, 0.25) is 10.0 Å². The molecule has 0 fully saturated rings. The molecule has 0 spiro atoms. The number of nitrogens with one attached hydrogen (secondary N) is 1. The first-order valence-corrected chi connectivity index (χ1v) is 9.16. The Morgan fingerprint density at radius 1 is 1.12 bits per heavy atom. The second-order valence-corrected chi connectivity index (χ2v) is 7.13. The maximum Gasteiger partial charge on any atom is 0.240 e. The van der Waals surface area contributed by atoms with Crippen LogP contribution in [0.4, 0.5) is 0 Å². The van der Waals surface area contributed by atoms with Crippen molar-refractivity contribution in [3.63, 3.8) is 0 Å². The minimum absolute atomic E-state index is 0.125. The molecule has 2 heterocycles. The zero-order valence-corrected chi connectivity index (χ0v) is 14.8. The smallest absolute Gasteiger partial charge is 0.240 e. The molecular weight excluding hydrogens is 342 g/mol. The van der Waals surface area contributed by atoms with Crippen LogP contribution in [0.15, 0.2) is 53.7 Å². The van der Waals surface area contributed by atoms with Crippen LogP contribution in [-0.4, -0.2) is 38.6 Å². The molecule has 25 heavy (non-hydrogen) atoms. The van der Waals surface area contributed by atoms with Gasteiger partial charge in [-0.2, -0.15) is 0 Å². The van der Waals surface area contributed by atoms with Gasteiger partial charge in [-0.25, -0.2) is 18.1 Å². The first kappa shape index (κ1) is 17.2. The van der Waals surface area contributed by atoms with Crippen molar-refractivity contribution in [1.29, 1.82) is 0 Å². The number of aromatic nitrogens is 2. The summed E-state index contributed by atoms with van der Waals surface area (Å²) in [6, 6.07) is 10.2. The summed E-state index contributed by atoms with van der Waals surface area (Å²) in [6.45, 7) is 0.251. The van der Waals surface area contributed by atoms with Crippen molar-refractivity contribution in [1.82, 2.24) is 14.1 Å². The van der Waals surface area contributed by atoms with Gasteiger partial charge in [0.05, 0.1) is 24.8 Å². The number of imidazole rings is 1. The Morgan fingerprint density at radius 3 is 2.64 bits per heavy atom. The van der Waals surface area contributed by atoms with Gasteiger partial charge in [-0.05, 0) is 24.3 Å². The summed E-state index contributed by atoms with van der Waals surface area (Å²) < 4.78 is 39.6. The number of sulfonamides is 1. The minimum atomic E-state index is -3.64. The second kappa shape index (κ2) is 7.12. The Kier molecular flexibility index (Phi) is 4.91. The number of hydrogen-bond acceptors (Lipinski definition) is 5. The normalized spacial score (nSPS) is 11.6. The highest BCUT2D eigenvalue weighted by molar-refractivity contribution is 7.89. The topological polar surface area (TPSA) is 81.9 Å². The number of rotatable bonds is 7. The number of pyridine rings is 1. The van der Waals surface area contributed by atoms with Crippen molar-refractivity contribution in [2.24, 2.45) is 0 Å². The predicted octanol–water partition coefficient (Wildman–Crippen LogP) is 1.87. The molecule has 2 aromatic heterocycles. The SMILES string of the molecule is COc1ccc(S(=O)(=O)NCCc2cn3ccccc3n2)cc1OC. The molecule has 0 bridgehead atoms. The number of methoxy groups -OCH3 is 2. The van der Waals surface area contributed by atoms with Crippen LogP contribution in [0.3, 0.4) is 0 Å². The summed E-state index contributed by atoms with van der Waals surface area (Å²) in [5.74, 6) is 0.844. The van der Waals surface area contributed by atoms with Crippen LogP contribution in [0.1, 0.15) is 5.69 Å². The molecular formula is C17H19N3O4S. The van der Waals surface area contributed by atoms with E-state index in [4.69, 9.17) is 9.47 Å². The molecule has 0 radical (unpaired) electrons. The maximum atomic E-state index is 12.4. The lowest BCUT2D eigenvalue weighted by molar-refractivity contribution is 0.354. The molecule has 0 aliphatic heterocycles. The van der Waals surface area contributed by atoms with Crippen LogP contribution in [0, 0.1) is 0 Å². The summed E-state index contributed by atoms with van der Waals surface area (Å²) in [5.41, 5.74) is 1.65. The Hall–Kier alpha value is -2.58. The van der Waals surface area contributed by atoms with E-state index in [1.54, 1.807) is 6.07 Å². The van der Waals surface area contributed by atoms with Gasteiger partial charge in [0.15, 0.2) is 11.5 Å². The maximum absolute atomic E-state index is 12.4. The lowest BCUT2D eigenvalue weighted by Crippen LogP contribution is -2.26. The third-order valence-electron chi connectivity index (χ3n) is 3.75. The Bertz CT molecular complexity index is 949. The van der Waals surface area contributed by atoms with E-state index in [-0.39, 0.29) is 11.4 Å². The molecule has 0 saturated heterocycles. The molecule has 0 aliphatic carbocycles. The van der Waals surface area contributed by atoms with Crippen molar-refractivity contribution in [2.45, 2.75) is 11.3 Å². The van der Waals surface area contributed by atoms with Crippen molar-refractivity contribution in [3.8, 4) is 11.5 Å². The van der Waals surface area contributed by atoms with Crippen molar-refractivity contribution in [3.05, 3.63) is 54.5 Å². The standard InChI is InChI=1S/C17H19N3O4S/c1-23-15-7-6-14(11-16(15)24-2)25(21,22)18-9-8-13-12-20-10-4-3-5-17(20)19-13/h3-7,10-12,18H,8-9H2,1-2H3. The summed E-state index contributed by atoms with van der Waals surface area (Å²) in [4.78, 5) is 4.57. The van der Waals surface area contributed by atoms with Crippen LogP contribution >= 0.6 is 0 Å². The van der Waals surface area contributed by atoms with E-state index >= 15 is 0 Å². The molecule has 1 N–H and O–H groups in total. The highest BCUT2D eigenvalue weighted by atomic mass is 32.2. The fourth-order valence-electron chi connectivity index (χ4n) is 2.49. The van der Waals surface area contributed by atoms with E-state index in [0.717, 1.165) is 11.3 Å². The van der Waals surface area contributed by atoms with E-state index in [9.17, 15) is 8.42 Å². The van der Waals surface area contributed by atoms with Gasteiger partial charge >= 0.3 is 0 Å². The molecule has 0 aliphatic rings. The molecule has 0 saturated carbocycles. The van der Waals surface area contributed by atoms with Gasteiger partial charge in [-0.15, -0.1) is 0 Å². The van der Waals surface area contributed by atoms with Gasteiger partial charge in [-0.3, -0.25) is 0 Å². The van der Waals surface area contributed by atoms with Crippen LogP contribution in [-0.2, 0) is 16.4 Å². The molecule has 8 heteroatoms. The first-order valence-electron chi connectivity index (χ1n) is 7.68. The molecule has 132 valence electrons. The fraction of sp³-hybridized carbons (Fsp3) is 0.235. The van der Waals surface area contributed by atoms with Gasteiger partial charge < -0.3 is 13.9 Å². The summed E-state index contributed by atoms with van der Waals surface area (Å²) >= 11 is 0. The monoisotopic (exact) mass is 361 g/mol. The summed E-state index contributed by atoms with van der Waals surface area (Å²) in [7, 11) is -0.676. The van der Waals surface area contributed by atoms with E-state index in [1.165, 1.54) is 26.4 Å². The average molecular weight is 361 g/mol. The van der Waals surface area contributed by atoms with Gasteiger partial charge in [0, 0.05) is 31.4 Å². The largest absolute Gasteiger partial charge is 0.493 e. The number of ether oxygens (including phenoxy) is 2. The third kappa shape index (κ3) is 3.75. The molecule has 0 amide bonds. The summed E-state index contributed by atoms with van der Waals surface area (Å²) in [6.07, 6.45) is 4.29. The first-order chi connectivity index (χ1) is 12.0. The molecule has 0 unspecified atom stereocenters. The fourth-order valence-corrected chi connectivity index (χ4v) is 3.53. The predicted molar refractivity (Wildman–Crippen MR) is 93.6 cm³/mol. The van der Waals surface area contributed by atoms with Crippen LogP contribution < -0.4 is 14.2 Å². The molecule has 7 nitrogen and oxygen atoms in total. The van der Waals surface area contributed by atoms with Gasteiger partial charge in [0.1, 0.15) is 5.65 Å². The molecule has 3 rings (SSSR count). The van der Waals surface area contributed by atoms with Crippen LogP contribution in [0.2, 0.25) is 0 Å². The Balaban J connectivity index is 1.69. The number of benzene rings is 1. The molecule has 1 aromatic carbocycles. The second-order valence-electron chi connectivity index (χ2n) is 5.36. The minimum Gasteiger partial charge on any atom is -0.493 e.